The van der Waals surface area contributed by atoms with E-state index in [9.17, 15) is 8.42 Å². The van der Waals surface area contributed by atoms with Crippen molar-refractivity contribution in [2.75, 3.05) is 18.8 Å². The van der Waals surface area contributed by atoms with E-state index in [0.29, 0.717) is 6.54 Å². The van der Waals surface area contributed by atoms with E-state index in [2.05, 4.69) is 5.32 Å². The molecule has 0 saturated heterocycles. The van der Waals surface area contributed by atoms with E-state index >= 15 is 0 Å². The molecule has 0 saturated carbocycles. The summed E-state index contributed by atoms with van der Waals surface area (Å²) in [7, 11) is -3.80. The van der Waals surface area contributed by atoms with Crippen molar-refractivity contribution >= 4 is 10.1 Å². The van der Waals surface area contributed by atoms with Crippen molar-refractivity contribution in [1.82, 2.24) is 5.32 Å². The first-order chi connectivity index (χ1) is 5.45. The van der Waals surface area contributed by atoms with Crippen LogP contribution in [0.3, 0.4) is 0 Å². The summed E-state index contributed by atoms with van der Waals surface area (Å²) in [6.07, 6.45) is 1.03. The first-order valence-corrected chi connectivity index (χ1v) is 5.72. The first-order valence-electron chi connectivity index (χ1n) is 4.11. The molecule has 0 radical (unpaired) electrons. The molecule has 0 heterocycles. The average molecular weight is 195 g/mol. The summed E-state index contributed by atoms with van der Waals surface area (Å²) in [4.78, 5) is 0. The van der Waals surface area contributed by atoms with Crippen molar-refractivity contribution in [1.29, 1.82) is 0 Å². The summed E-state index contributed by atoms with van der Waals surface area (Å²) < 4.78 is 29.3. The zero-order valence-electron chi connectivity index (χ0n) is 7.58. The van der Waals surface area contributed by atoms with Gasteiger partial charge in [-0.3, -0.25) is 4.55 Å². The van der Waals surface area contributed by atoms with Gasteiger partial charge in [0.25, 0.3) is 10.1 Å². The van der Waals surface area contributed by atoms with Crippen LogP contribution < -0.4 is 5.32 Å². The number of hydrogen-bond donors (Lipinski definition) is 2. The van der Waals surface area contributed by atoms with Crippen molar-refractivity contribution in [2.24, 2.45) is 5.92 Å². The minimum absolute atomic E-state index is 0.0356. The van der Waals surface area contributed by atoms with Crippen LogP contribution in [0.4, 0.5) is 0 Å². The predicted molar refractivity (Wildman–Crippen MR) is 48.7 cm³/mol. The second kappa shape index (κ2) is 5.50. The van der Waals surface area contributed by atoms with Crippen molar-refractivity contribution in [3.63, 3.8) is 0 Å². The van der Waals surface area contributed by atoms with Crippen LogP contribution in [-0.2, 0) is 10.1 Å². The number of hydrogen-bond acceptors (Lipinski definition) is 3. The lowest BCUT2D eigenvalue weighted by atomic mass is 10.2. The Labute approximate surface area is 74.1 Å². The van der Waals surface area contributed by atoms with Gasteiger partial charge in [0.2, 0.25) is 0 Å². The molecule has 1 unspecified atom stereocenters. The van der Waals surface area contributed by atoms with Crippen LogP contribution in [-0.4, -0.2) is 31.8 Å². The molecular formula is C7H17NO3S. The molecule has 12 heavy (non-hydrogen) atoms. The highest BCUT2D eigenvalue weighted by molar-refractivity contribution is 7.85. The van der Waals surface area contributed by atoms with Gasteiger partial charge in [-0.05, 0) is 25.4 Å². The Bertz CT molecular complexity index is 201. The lowest BCUT2D eigenvalue weighted by Crippen LogP contribution is -2.26. The van der Waals surface area contributed by atoms with Gasteiger partial charge in [0.1, 0.15) is 0 Å². The quantitative estimate of drug-likeness (QED) is 0.479. The van der Waals surface area contributed by atoms with E-state index < -0.39 is 10.1 Å². The molecule has 0 spiro atoms. The molecule has 0 aliphatic carbocycles. The van der Waals surface area contributed by atoms with E-state index in [4.69, 9.17) is 4.55 Å². The fraction of sp³-hybridized carbons (Fsp3) is 1.00. The molecule has 5 heteroatoms. The molecule has 2 N–H and O–H groups in total. The van der Waals surface area contributed by atoms with Crippen LogP contribution in [0.5, 0.6) is 0 Å². The van der Waals surface area contributed by atoms with Crippen molar-refractivity contribution < 1.29 is 13.0 Å². The molecule has 4 nitrogen and oxygen atoms in total. The van der Waals surface area contributed by atoms with Gasteiger partial charge in [0.05, 0.1) is 5.75 Å². The highest BCUT2D eigenvalue weighted by Crippen LogP contribution is 1.97. The maximum atomic E-state index is 10.4. The third-order valence-corrected chi connectivity index (χ3v) is 2.40. The number of rotatable bonds is 6. The minimum Gasteiger partial charge on any atom is -0.316 e. The van der Waals surface area contributed by atoms with Crippen LogP contribution in [0.15, 0.2) is 0 Å². The smallest absolute Gasteiger partial charge is 0.265 e. The first kappa shape index (κ1) is 11.9. The summed E-state index contributed by atoms with van der Waals surface area (Å²) >= 11 is 0. The van der Waals surface area contributed by atoms with Crippen molar-refractivity contribution in [3.05, 3.63) is 0 Å². The highest BCUT2D eigenvalue weighted by Gasteiger charge is 2.11. The molecule has 0 aromatic carbocycles. The van der Waals surface area contributed by atoms with Gasteiger partial charge in [0, 0.05) is 0 Å². The molecule has 0 amide bonds. The van der Waals surface area contributed by atoms with Crippen LogP contribution in [0.1, 0.15) is 20.3 Å². The van der Waals surface area contributed by atoms with Crippen LogP contribution in [0.2, 0.25) is 0 Å². The molecule has 0 aliphatic heterocycles. The Balaban J connectivity index is 3.53. The second-order valence-electron chi connectivity index (χ2n) is 3.06. The Kier molecular flexibility index (Phi) is 5.44. The highest BCUT2D eigenvalue weighted by atomic mass is 32.2. The lowest BCUT2D eigenvalue weighted by Gasteiger charge is -2.09. The molecule has 1 atom stereocenters. The van der Waals surface area contributed by atoms with Gasteiger partial charge in [-0.1, -0.05) is 13.8 Å². The molecule has 0 aromatic heterocycles. The summed E-state index contributed by atoms with van der Waals surface area (Å²) in [5, 5.41) is 3.08. The fourth-order valence-corrected chi connectivity index (χ4v) is 1.78. The van der Waals surface area contributed by atoms with E-state index in [1.807, 2.05) is 6.92 Å². The van der Waals surface area contributed by atoms with Gasteiger partial charge in [-0.25, -0.2) is 0 Å². The average Bonchev–Trinajstić information content (AvgIpc) is 1.84. The van der Waals surface area contributed by atoms with Crippen LogP contribution in [0.25, 0.3) is 0 Å². The maximum Gasteiger partial charge on any atom is 0.265 e. The van der Waals surface area contributed by atoms with Gasteiger partial charge in [-0.15, -0.1) is 0 Å². The Morgan fingerprint density at radius 1 is 1.50 bits per heavy atom. The third kappa shape index (κ3) is 7.97. The van der Waals surface area contributed by atoms with Gasteiger partial charge in [0.15, 0.2) is 0 Å². The van der Waals surface area contributed by atoms with E-state index in [1.165, 1.54) is 0 Å². The second-order valence-corrected chi connectivity index (χ2v) is 4.56. The van der Waals surface area contributed by atoms with Gasteiger partial charge < -0.3 is 5.32 Å². The van der Waals surface area contributed by atoms with E-state index in [0.717, 1.165) is 13.0 Å². The van der Waals surface area contributed by atoms with Crippen molar-refractivity contribution in [2.45, 2.75) is 20.3 Å². The Morgan fingerprint density at radius 2 is 2.08 bits per heavy atom. The zero-order valence-corrected chi connectivity index (χ0v) is 8.39. The minimum atomic E-state index is -3.80. The summed E-state index contributed by atoms with van der Waals surface area (Å²) in [5.74, 6) is -0.199. The standard InChI is InChI=1S/C7H17NO3S/c1-3-4-8-5-7(2)6-12(9,10)11/h7-8H,3-6H2,1-2H3,(H,9,10,11). The lowest BCUT2D eigenvalue weighted by molar-refractivity contribution is 0.462. The normalized spacial score (nSPS) is 14.6. The molecule has 0 bridgehead atoms. The molecule has 0 aliphatic rings. The topological polar surface area (TPSA) is 66.4 Å². The van der Waals surface area contributed by atoms with E-state index in [-0.39, 0.29) is 11.7 Å². The monoisotopic (exact) mass is 195 g/mol. The maximum absolute atomic E-state index is 10.4. The Hall–Kier alpha value is -0.130. The molecular weight excluding hydrogens is 178 g/mol. The number of nitrogens with one attached hydrogen (secondary N) is 1. The SMILES string of the molecule is CCCNCC(C)CS(=O)(=O)O. The summed E-state index contributed by atoms with van der Waals surface area (Å²) in [5.41, 5.74) is 0. The van der Waals surface area contributed by atoms with E-state index in [1.54, 1.807) is 6.92 Å². The largest absolute Gasteiger partial charge is 0.316 e. The fourth-order valence-electron chi connectivity index (χ4n) is 0.944. The summed E-state index contributed by atoms with van der Waals surface area (Å²) in [6.45, 7) is 5.35. The van der Waals surface area contributed by atoms with Crippen LogP contribution in [0, 0.1) is 5.92 Å². The predicted octanol–water partition coefficient (Wildman–Crippen LogP) is 0.510. The molecule has 74 valence electrons. The molecule has 0 rings (SSSR count). The third-order valence-electron chi connectivity index (χ3n) is 1.41. The molecule has 0 aromatic rings. The van der Waals surface area contributed by atoms with Crippen molar-refractivity contribution in [3.8, 4) is 0 Å². The summed E-state index contributed by atoms with van der Waals surface area (Å²) in [6, 6.07) is 0. The molecule has 0 fully saturated rings. The van der Waals surface area contributed by atoms with Gasteiger partial charge >= 0.3 is 0 Å². The Morgan fingerprint density at radius 3 is 2.50 bits per heavy atom. The zero-order chi connectivity index (χ0) is 9.61. The van der Waals surface area contributed by atoms with Gasteiger partial charge in [-0.2, -0.15) is 8.42 Å². The van der Waals surface area contributed by atoms with Crippen LogP contribution >= 0.6 is 0 Å².